The number of rotatable bonds is 6. The third-order valence-corrected chi connectivity index (χ3v) is 3.53. The van der Waals surface area contributed by atoms with Crippen LogP contribution < -0.4 is 5.32 Å². The molecular weight excluding hydrogens is 258 g/mol. The lowest BCUT2D eigenvalue weighted by atomic mass is 9.99. The van der Waals surface area contributed by atoms with Gasteiger partial charge < -0.3 is 5.32 Å². The van der Waals surface area contributed by atoms with Crippen molar-refractivity contribution < 1.29 is 4.79 Å². The van der Waals surface area contributed by atoms with Gasteiger partial charge in [0.05, 0.1) is 6.04 Å². The number of carbonyl (C=O) groups is 1. The number of hydrogen-bond acceptors (Lipinski definition) is 2. The molecule has 0 heterocycles. The predicted molar refractivity (Wildman–Crippen MR) is 88.3 cm³/mol. The fourth-order valence-corrected chi connectivity index (χ4v) is 2.42. The van der Waals surface area contributed by atoms with Crippen molar-refractivity contribution in [3.63, 3.8) is 0 Å². The molecule has 0 radical (unpaired) electrons. The standard InChI is InChI=1S/C19H23NO/c1-14(2)20-19(15(3)21)13-16-9-11-18(12-10-16)17-7-5-4-6-8-17/h4-12,14,19-20H,13H2,1-3H3/t19-/m1/s1. The van der Waals surface area contributed by atoms with Crippen LogP contribution in [0.15, 0.2) is 54.6 Å². The van der Waals surface area contributed by atoms with Crippen molar-refractivity contribution in [2.75, 3.05) is 0 Å². The smallest absolute Gasteiger partial charge is 0.147 e. The van der Waals surface area contributed by atoms with Crippen molar-refractivity contribution in [1.29, 1.82) is 0 Å². The van der Waals surface area contributed by atoms with Crippen LogP contribution in [0.5, 0.6) is 0 Å². The summed E-state index contributed by atoms with van der Waals surface area (Å²) in [6, 6.07) is 19.0. The normalized spacial score (nSPS) is 12.4. The van der Waals surface area contributed by atoms with E-state index in [2.05, 4.69) is 55.6 Å². The van der Waals surface area contributed by atoms with E-state index in [0.717, 1.165) is 6.42 Å². The first-order chi connectivity index (χ1) is 10.1. The van der Waals surface area contributed by atoms with E-state index in [1.54, 1.807) is 6.92 Å². The molecule has 0 saturated heterocycles. The zero-order valence-corrected chi connectivity index (χ0v) is 13.0. The zero-order chi connectivity index (χ0) is 15.2. The van der Waals surface area contributed by atoms with E-state index in [0.29, 0.717) is 6.04 Å². The van der Waals surface area contributed by atoms with E-state index < -0.39 is 0 Å². The molecule has 1 N–H and O–H groups in total. The van der Waals surface area contributed by atoms with Crippen molar-refractivity contribution in [1.82, 2.24) is 5.32 Å². The van der Waals surface area contributed by atoms with Gasteiger partial charge in [-0.1, -0.05) is 68.4 Å². The lowest BCUT2D eigenvalue weighted by Crippen LogP contribution is -2.41. The summed E-state index contributed by atoms with van der Waals surface area (Å²) >= 11 is 0. The van der Waals surface area contributed by atoms with Gasteiger partial charge in [-0.15, -0.1) is 0 Å². The Bertz CT molecular complexity index is 572. The summed E-state index contributed by atoms with van der Waals surface area (Å²) in [5, 5.41) is 3.32. The SMILES string of the molecule is CC(=O)[C@@H](Cc1ccc(-c2ccccc2)cc1)NC(C)C. The molecule has 0 saturated carbocycles. The van der Waals surface area contributed by atoms with E-state index in [9.17, 15) is 4.79 Å². The van der Waals surface area contributed by atoms with Crippen molar-refractivity contribution in [2.45, 2.75) is 39.3 Å². The number of nitrogens with one attached hydrogen (secondary N) is 1. The highest BCUT2D eigenvalue weighted by Gasteiger charge is 2.15. The topological polar surface area (TPSA) is 29.1 Å². The second-order valence-corrected chi connectivity index (χ2v) is 5.75. The van der Waals surface area contributed by atoms with Gasteiger partial charge in [-0.2, -0.15) is 0 Å². The Morgan fingerprint density at radius 1 is 0.952 bits per heavy atom. The van der Waals surface area contributed by atoms with Crippen LogP contribution in [0.3, 0.4) is 0 Å². The largest absolute Gasteiger partial charge is 0.305 e. The van der Waals surface area contributed by atoms with E-state index >= 15 is 0 Å². The molecular formula is C19H23NO. The summed E-state index contributed by atoms with van der Waals surface area (Å²) in [5.74, 6) is 0.191. The molecule has 0 aliphatic carbocycles. The minimum absolute atomic E-state index is 0.104. The number of ketones is 1. The molecule has 2 aromatic rings. The van der Waals surface area contributed by atoms with E-state index in [4.69, 9.17) is 0 Å². The second-order valence-electron chi connectivity index (χ2n) is 5.75. The lowest BCUT2D eigenvalue weighted by molar-refractivity contribution is -0.119. The molecule has 0 bridgehead atoms. The highest BCUT2D eigenvalue weighted by Crippen LogP contribution is 2.19. The van der Waals surface area contributed by atoms with Crippen molar-refractivity contribution in [3.05, 3.63) is 60.2 Å². The van der Waals surface area contributed by atoms with Crippen LogP contribution in [0.25, 0.3) is 11.1 Å². The number of benzene rings is 2. The molecule has 0 aliphatic rings. The zero-order valence-electron chi connectivity index (χ0n) is 13.0. The van der Waals surface area contributed by atoms with Gasteiger partial charge in [0.25, 0.3) is 0 Å². The van der Waals surface area contributed by atoms with E-state index in [-0.39, 0.29) is 11.8 Å². The van der Waals surface area contributed by atoms with Crippen LogP contribution in [-0.2, 0) is 11.2 Å². The first-order valence-electron chi connectivity index (χ1n) is 7.47. The molecule has 0 unspecified atom stereocenters. The fourth-order valence-electron chi connectivity index (χ4n) is 2.42. The summed E-state index contributed by atoms with van der Waals surface area (Å²) in [6.45, 7) is 5.78. The Balaban J connectivity index is 2.10. The van der Waals surface area contributed by atoms with E-state index in [1.807, 2.05) is 18.2 Å². The molecule has 110 valence electrons. The summed E-state index contributed by atoms with van der Waals surface area (Å²) in [4.78, 5) is 11.7. The molecule has 2 rings (SSSR count). The Morgan fingerprint density at radius 3 is 2.05 bits per heavy atom. The van der Waals surface area contributed by atoms with Crippen molar-refractivity contribution in [3.8, 4) is 11.1 Å². The minimum atomic E-state index is -0.104. The summed E-state index contributed by atoms with van der Waals surface area (Å²) in [5.41, 5.74) is 3.60. The maximum Gasteiger partial charge on any atom is 0.147 e. The number of hydrogen-bond donors (Lipinski definition) is 1. The molecule has 2 heteroatoms. The predicted octanol–water partition coefficient (Wildman–Crippen LogP) is 3.85. The molecule has 2 aromatic carbocycles. The average Bonchev–Trinajstić information content (AvgIpc) is 2.48. The number of carbonyl (C=O) groups excluding carboxylic acids is 1. The van der Waals surface area contributed by atoms with Crippen molar-refractivity contribution in [2.24, 2.45) is 0 Å². The first kappa shape index (κ1) is 15.5. The van der Waals surface area contributed by atoms with Gasteiger partial charge in [0.2, 0.25) is 0 Å². The first-order valence-corrected chi connectivity index (χ1v) is 7.47. The van der Waals surface area contributed by atoms with Gasteiger partial charge in [0.15, 0.2) is 0 Å². The molecule has 0 fully saturated rings. The molecule has 0 amide bonds. The average molecular weight is 281 g/mol. The summed E-state index contributed by atoms with van der Waals surface area (Å²) in [7, 11) is 0. The quantitative estimate of drug-likeness (QED) is 0.871. The Kier molecular flexibility index (Phi) is 5.29. The minimum Gasteiger partial charge on any atom is -0.305 e. The van der Waals surface area contributed by atoms with Crippen LogP contribution in [0.4, 0.5) is 0 Å². The van der Waals surface area contributed by atoms with Gasteiger partial charge in [-0.05, 0) is 30.0 Å². The fraction of sp³-hybridized carbons (Fsp3) is 0.316. The van der Waals surface area contributed by atoms with E-state index in [1.165, 1.54) is 16.7 Å². The Morgan fingerprint density at radius 2 is 1.52 bits per heavy atom. The molecule has 0 aromatic heterocycles. The third kappa shape index (κ3) is 4.54. The summed E-state index contributed by atoms with van der Waals surface area (Å²) < 4.78 is 0. The van der Waals surface area contributed by atoms with Gasteiger partial charge in [0, 0.05) is 6.04 Å². The van der Waals surface area contributed by atoms with Crippen molar-refractivity contribution >= 4 is 5.78 Å². The Labute approximate surface area is 127 Å². The maximum absolute atomic E-state index is 11.7. The van der Waals surface area contributed by atoms with Crippen LogP contribution in [-0.4, -0.2) is 17.9 Å². The monoisotopic (exact) mass is 281 g/mol. The third-order valence-electron chi connectivity index (χ3n) is 3.53. The Hall–Kier alpha value is -1.93. The maximum atomic E-state index is 11.7. The molecule has 0 spiro atoms. The van der Waals surface area contributed by atoms with Crippen LogP contribution in [0.1, 0.15) is 26.3 Å². The molecule has 21 heavy (non-hydrogen) atoms. The second kappa shape index (κ2) is 7.19. The molecule has 1 atom stereocenters. The van der Waals surface area contributed by atoms with Gasteiger partial charge in [-0.3, -0.25) is 4.79 Å². The highest BCUT2D eigenvalue weighted by atomic mass is 16.1. The van der Waals surface area contributed by atoms with Gasteiger partial charge in [0.1, 0.15) is 5.78 Å². The van der Waals surface area contributed by atoms with Crippen LogP contribution >= 0.6 is 0 Å². The molecule has 2 nitrogen and oxygen atoms in total. The lowest BCUT2D eigenvalue weighted by Gasteiger charge is -2.18. The van der Waals surface area contributed by atoms with Gasteiger partial charge >= 0.3 is 0 Å². The molecule has 0 aliphatic heterocycles. The summed E-state index contributed by atoms with van der Waals surface area (Å²) in [6.07, 6.45) is 0.739. The van der Waals surface area contributed by atoms with Gasteiger partial charge in [-0.25, -0.2) is 0 Å². The van der Waals surface area contributed by atoms with Crippen LogP contribution in [0, 0.1) is 0 Å². The highest BCUT2D eigenvalue weighted by molar-refractivity contribution is 5.81. The number of Topliss-reactive ketones (excluding diaryl/α,β-unsaturated/α-hetero) is 1. The van der Waals surface area contributed by atoms with Crippen LogP contribution in [0.2, 0.25) is 0 Å².